The highest BCUT2D eigenvalue weighted by Gasteiger charge is 2.22. The maximum atomic E-state index is 12.4. The first-order valence-corrected chi connectivity index (χ1v) is 9.57. The molecule has 1 amide bonds. The lowest BCUT2D eigenvalue weighted by atomic mass is 10.2. The van der Waals surface area contributed by atoms with Gasteiger partial charge in [0.1, 0.15) is 0 Å². The maximum absolute atomic E-state index is 12.4. The Balaban J connectivity index is 1.96. The number of rotatable bonds is 8. The summed E-state index contributed by atoms with van der Waals surface area (Å²) in [6.45, 7) is 1.81. The fraction of sp³-hybridized carbons (Fsp3) is 0.222. The first-order valence-electron chi connectivity index (χ1n) is 8.13. The fourth-order valence-corrected chi connectivity index (χ4v) is 3.30. The van der Waals surface area contributed by atoms with Crippen molar-refractivity contribution >= 4 is 22.1 Å². The zero-order valence-electron chi connectivity index (χ0n) is 15.0. The molecule has 0 atom stereocenters. The van der Waals surface area contributed by atoms with Gasteiger partial charge in [0.05, 0.1) is 24.3 Å². The van der Waals surface area contributed by atoms with E-state index in [0.717, 1.165) is 4.31 Å². The number of likely N-dealkylation sites (N-methyl/N-ethyl adjacent to an activating group) is 1. The van der Waals surface area contributed by atoms with E-state index in [0.29, 0.717) is 17.9 Å². The third kappa shape index (κ3) is 5.53. The predicted octanol–water partition coefficient (Wildman–Crippen LogP) is 1.56. The maximum Gasteiger partial charge on any atom is 0.255 e. The molecular weight excluding hydrogens is 370 g/mol. The Kier molecular flexibility index (Phi) is 6.91. The summed E-state index contributed by atoms with van der Waals surface area (Å²) >= 11 is 0. The first-order chi connectivity index (χ1) is 12.8. The lowest BCUT2D eigenvalue weighted by molar-refractivity contribution is -0.121. The van der Waals surface area contributed by atoms with Crippen molar-refractivity contribution in [3.05, 3.63) is 54.1 Å². The number of hydrazone groups is 1. The van der Waals surface area contributed by atoms with Gasteiger partial charge in [-0.2, -0.15) is 9.41 Å². The number of sulfonamides is 1. The minimum absolute atomic E-state index is 0.00535. The van der Waals surface area contributed by atoms with Gasteiger partial charge in [-0.05, 0) is 42.8 Å². The molecule has 0 spiro atoms. The van der Waals surface area contributed by atoms with Crippen LogP contribution in [0.5, 0.6) is 11.5 Å². The van der Waals surface area contributed by atoms with E-state index in [1.807, 2.05) is 0 Å². The number of hydrogen-bond acceptors (Lipinski definition) is 6. The van der Waals surface area contributed by atoms with E-state index in [2.05, 4.69) is 10.5 Å². The van der Waals surface area contributed by atoms with Crippen LogP contribution in [0.25, 0.3) is 0 Å². The number of hydrogen-bond donors (Lipinski definition) is 2. The molecule has 2 aromatic rings. The van der Waals surface area contributed by atoms with E-state index in [1.165, 1.54) is 31.5 Å². The van der Waals surface area contributed by atoms with Gasteiger partial charge in [-0.1, -0.05) is 18.2 Å². The third-order valence-electron chi connectivity index (χ3n) is 3.50. The third-order valence-corrected chi connectivity index (χ3v) is 5.32. The van der Waals surface area contributed by atoms with Crippen molar-refractivity contribution < 1.29 is 23.1 Å². The van der Waals surface area contributed by atoms with Crippen LogP contribution in [-0.2, 0) is 14.8 Å². The number of carbonyl (C=O) groups excluding carboxylic acids is 1. The number of phenols is 1. The van der Waals surface area contributed by atoms with Crippen LogP contribution in [0.15, 0.2) is 58.5 Å². The molecule has 2 aromatic carbocycles. The SMILES string of the molecule is CCOc1cc(C=NNC(=O)CN(C)S(=O)(=O)c2ccccc2)ccc1O. The Labute approximate surface area is 158 Å². The zero-order valence-corrected chi connectivity index (χ0v) is 15.8. The van der Waals surface area contributed by atoms with Crippen LogP contribution in [0.4, 0.5) is 0 Å². The van der Waals surface area contributed by atoms with Crippen LogP contribution in [0, 0.1) is 0 Å². The minimum Gasteiger partial charge on any atom is -0.504 e. The molecule has 2 N–H and O–H groups in total. The second kappa shape index (κ2) is 9.15. The van der Waals surface area contributed by atoms with E-state index in [-0.39, 0.29) is 17.2 Å². The summed E-state index contributed by atoms with van der Waals surface area (Å²) in [7, 11) is -2.43. The van der Waals surface area contributed by atoms with Crippen LogP contribution >= 0.6 is 0 Å². The summed E-state index contributed by atoms with van der Waals surface area (Å²) in [5.74, 6) is -0.274. The Morgan fingerprint density at radius 1 is 1.26 bits per heavy atom. The van der Waals surface area contributed by atoms with Gasteiger partial charge in [0.2, 0.25) is 10.0 Å². The van der Waals surface area contributed by atoms with Crippen LogP contribution in [-0.4, -0.2) is 50.2 Å². The quantitative estimate of drug-likeness (QED) is 0.524. The summed E-state index contributed by atoms with van der Waals surface area (Å²) < 4.78 is 30.9. The Morgan fingerprint density at radius 2 is 1.96 bits per heavy atom. The van der Waals surface area contributed by atoms with Crippen LogP contribution < -0.4 is 10.2 Å². The lowest BCUT2D eigenvalue weighted by Gasteiger charge is -2.15. The van der Waals surface area contributed by atoms with Crippen LogP contribution in [0.2, 0.25) is 0 Å². The van der Waals surface area contributed by atoms with Gasteiger partial charge >= 0.3 is 0 Å². The summed E-state index contributed by atoms with van der Waals surface area (Å²) in [4.78, 5) is 12.1. The summed E-state index contributed by atoms with van der Waals surface area (Å²) in [5.41, 5.74) is 2.87. The second-order valence-corrected chi connectivity index (χ2v) is 7.57. The van der Waals surface area contributed by atoms with Crippen molar-refractivity contribution in [3.63, 3.8) is 0 Å². The summed E-state index contributed by atoms with van der Waals surface area (Å²) in [5, 5.41) is 13.4. The van der Waals surface area contributed by atoms with Gasteiger partial charge in [0.15, 0.2) is 11.5 Å². The fourth-order valence-electron chi connectivity index (χ4n) is 2.16. The first kappa shape index (κ1) is 20.4. The highest BCUT2D eigenvalue weighted by molar-refractivity contribution is 7.89. The lowest BCUT2D eigenvalue weighted by Crippen LogP contribution is -2.36. The number of phenolic OH excluding ortho intramolecular Hbond substituents is 1. The topological polar surface area (TPSA) is 108 Å². The van der Waals surface area contributed by atoms with E-state index in [4.69, 9.17) is 4.74 Å². The molecule has 0 heterocycles. The van der Waals surface area contributed by atoms with E-state index >= 15 is 0 Å². The minimum atomic E-state index is -3.75. The Bertz CT molecular complexity index is 914. The molecule has 0 aliphatic heterocycles. The van der Waals surface area contributed by atoms with Crippen LogP contribution in [0.1, 0.15) is 12.5 Å². The van der Waals surface area contributed by atoms with Crippen molar-refractivity contribution in [1.29, 1.82) is 0 Å². The molecule has 0 bridgehead atoms. The average molecular weight is 391 g/mol. The summed E-state index contributed by atoms with van der Waals surface area (Å²) in [6.07, 6.45) is 1.37. The smallest absolute Gasteiger partial charge is 0.255 e. The molecular formula is C18H21N3O5S. The molecule has 0 aliphatic rings. The molecule has 0 radical (unpaired) electrons. The largest absolute Gasteiger partial charge is 0.504 e. The number of benzene rings is 2. The molecule has 0 aromatic heterocycles. The van der Waals surface area contributed by atoms with Gasteiger partial charge in [0, 0.05) is 7.05 Å². The monoisotopic (exact) mass is 391 g/mol. The number of carbonyl (C=O) groups is 1. The Morgan fingerprint density at radius 3 is 2.63 bits per heavy atom. The highest BCUT2D eigenvalue weighted by atomic mass is 32.2. The number of aromatic hydroxyl groups is 1. The number of ether oxygens (including phenoxy) is 1. The van der Waals surface area contributed by atoms with Gasteiger partial charge in [-0.15, -0.1) is 0 Å². The molecule has 0 aliphatic carbocycles. The van der Waals surface area contributed by atoms with Gasteiger partial charge in [0.25, 0.3) is 5.91 Å². The van der Waals surface area contributed by atoms with Crippen molar-refractivity contribution in [2.45, 2.75) is 11.8 Å². The Hall–Kier alpha value is -2.91. The molecule has 8 nitrogen and oxygen atoms in total. The molecule has 27 heavy (non-hydrogen) atoms. The molecule has 0 unspecified atom stereocenters. The van der Waals surface area contributed by atoms with E-state index < -0.39 is 15.9 Å². The molecule has 144 valence electrons. The second-order valence-electron chi connectivity index (χ2n) is 5.53. The average Bonchev–Trinajstić information content (AvgIpc) is 2.65. The molecule has 9 heteroatoms. The standard InChI is InChI=1S/C18H21N3O5S/c1-3-26-17-11-14(9-10-16(17)22)12-19-20-18(23)13-21(2)27(24,25)15-7-5-4-6-8-15/h4-12,22H,3,13H2,1-2H3,(H,20,23). The van der Waals surface area contributed by atoms with Crippen molar-refractivity contribution in [2.75, 3.05) is 20.2 Å². The van der Waals surface area contributed by atoms with E-state index in [1.54, 1.807) is 37.3 Å². The van der Waals surface area contributed by atoms with Gasteiger partial charge < -0.3 is 9.84 Å². The molecule has 0 saturated carbocycles. The zero-order chi connectivity index (χ0) is 19.9. The normalized spacial score (nSPS) is 11.7. The molecule has 0 saturated heterocycles. The van der Waals surface area contributed by atoms with Crippen LogP contribution in [0.3, 0.4) is 0 Å². The highest BCUT2D eigenvalue weighted by Crippen LogP contribution is 2.26. The van der Waals surface area contributed by atoms with Crippen molar-refractivity contribution in [1.82, 2.24) is 9.73 Å². The summed E-state index contributed by atoms with van der Waals surface area (Å²) in [6, 6.07) is 12.5. The predicted molar refractivity (Wildman–Crippen MR) is 101 cm³/mol. The van der Waals surface area contributed by atoms with Crippen molar-refractivity contribution in [3.8, 4) is 11.5 Å². The van der Waals surface area contributed by atoms with E-state index in [9.17, 15) is 18.3 Å². The number of nitrogens with one attached hydrogen (secondary N) is 1. The van der Waals surface area contributed by atoms with Gasteiger partial charge in [-0.3, -0.25) is 4.79 Å². The molecule has 2 rings (SSSR count). The number of nitrogens with zero attached hydrogens (tertiary/aromatic N) is 2. The van der Waals surface area contributed by atoms with Crippen molar-refractivity contribution in [2.24, 2.45) is 5.10 Å². The van der Waals surface area contributed by atoms with Gasteiger partial charge in [-0.25, -0.2) is 13.8 Å². The molecule has 0 fully saturated rings. The number of amides is 1.